The topological polar surface area (TPSA) is 29.5 Å². The Hall–Kier alpha value is -1.77. The van der Waals surface area contributed by atoms with Gasteiger partial charge >= 0.3 is 0 Å². The average molecular weight is 231 g/mol. The maximum absolute atomic E-state index is 12.2. The van der Waals surface area contributed by atoms with E-state index in [2.05, 4.69) is 6.58 Å². The van der Waals surface area contributed by atoms with Crippen molar-refractivity contribution in [2.75, 3.05) is 20.2 Å². The lowest BCUT2D eigenvalue weighted by atomic mass is 10.0. The summed E-state index contributed by atoms with van der Waals surface area (Å²) in [6, 6.07) is 7.25. The lowest BCUT2D eigenvalue weighted by Gasteiger charge is -2.28. The van der Waals surface area contributed by atoms with Gasteiger partial charge in [0.15, 0.2) is 0 Å². The Balaban J connectivity index is 2.05. The van der Waals surface area contributed by atoms with E-state index in [1.165, 1.54) is 5.57 Å². The molecule has 1 saturated heterocycles. The fourth-order valence-electron chi connectivity index (χ4n) is 1.94. The third-order valence-corrected chi connectivity index (χ3v) is 3.09. The van der Waals surface area contributed by atoms with Gasteiger partial charge in [0, 0.05) is 18.7 Å². The van der Waals surface area contributed by atoms with Gasteiger partial charge in [-0.2, -0.15) is 0 Å². The summed E-state index contributed by atoms with van der Waals surface area (Å²) in [6.07, 6.45) is 1.84. The van der Waals surface area contributed by atoms with Crippen LogP contribution in [-0.4, -0.2) is 31.0 Å². The van der Waals surface area contributed by atoms with Crippen LogP contribution in [0.2, 0.25) is 0 Å². The highest BCUT2D eigenvalue weighted by Gasteiger charge is 2.19. The highest BCUT2D eigenvalue weighted by atomic mass is 16.5. The standard InChI is InChI=1S/C14H17NO2/c1-11-7-9-15(10-8-11)14(16)12-3-5-13(17-2)6-4-12/h3-6H,1,7-10H2,2H3. The summed E-state index contributed by atoms with van der Waals surface area (Å²) in [5.74, 6) is 0.869. The normalized spacial score (nSPS) is 15.8. The third kappa shape index (κ3) is 2.67. The van der Waals surface area contributed by atoms with E-state index in [1.54, 1.807) is 7.11 Å². The molecule has 90 valence electrons. The number of amides is 1. The van der Waals surface area contributed by atoms with Gasteiger partial charge in [-0.3, -0.25) is 4.79 Å². The molecule has 1 aromatic rings. The van der Waals surface area contributed by atoms with Crippen LogP contribution in [0, 0.1) is 0 Å². The number of hydrogen-bond donors (Lipinski definition) is 0. The van der Waals surface area contributed by atoms with E-state index in [4.69, 9.17) is 4.74 Å². The molecule has 0 saturated carbocycles. The summed E-state index contributed by atoms with van der Waals surface area (Å²) >= 11 is 0. The van der Waals surface area contributed by atoms with Crippen LogP contribution in [0.4, 0.5) is 0 Å². The Labute approximate surface area is 102 Å². The molecule has 17 heavy (non-hydrogen) atoms. The lowest BCUT2D eigenvalue weighted by molar-refractivity contribution is 0.0744. The molecule has 0 unspecified atom stereocenters. The maximum atomic E-state index is 12.2. The second-order valence-electron chi connectivity index (χ2n) is 4.27. The number of benzene rings is 1. The predicted molar refractivity (Wildman–Crippen MR) is 67.3 cm³/mol. The van der Waals surface area contributed by atoms with Crippen molar-refractivity contribution >= 4 is 5.91 Å². The lowest BCUT2D eigenvalue weighted by Crippen LogP contribution is -2.36. The van der Waals surface area contributed by atoms with Gasteiger partial charge in [-0.25, -0.2) is 0 Å². The summed E-state index contributed by atoms with van der Waals surface area (Å²) in [4.78, 5) is 14.0. The highest BCUT2D eigenvalue weighted by Crippen LogP contribution is 2.18. The number of hydrogen-bond acceptors (Lipinski definition) is 2. The number of methoxy groups -OCH3 is 1. The van der Waals surface area contributed by atoms with E-state index in [0.29, 0.717) is 0 Å². The van der Waals surface area contributed by atoms with Crippen molar-refractivity contribution in [2.24, 2.45) is 0 Å². The number of nitrogens with zero attached hydrogens (tertiary/aromatic N) is 1. The summed E-state index contributed by atoms with van der Waals surface area (Å²) in [5.41, 5.74) is 1.96. The van der Waals surface area contributed by atoms with Crippen LogP contribution in [0.5, 0.6) is 5.75 Å². The summed E-state index contributed by atoms with van der Waals surface area (Å²) in [5, 5.41) is 0. The fourth-order valence-corrected chi connectivity index (χ4v) is 1.94. The molecule has 0 atom stereocenters. The van der Waals surface area contributed by atoms with Crippen molar-refractivity contribution in [3.63, 3.8) is 0 Å². The molecule has 1 amide bonds. The molecular weight excluding hydrogens is 214 g/mol. The fraction of sp³-hybridized carbons (Fsp3) is 0.357. The maximum Gasteiger partial charge on any atom is 0.253 e. The van der Waals surface area contributed by atoms with E-state index < -0.39 is 0 Å². The Morgan fingerprint density at radius 3 is 2.35 bits per heavy atom. The van der Waals surface area contributed by atoms with Gasteiger partial charge in [0.25, 0.3) is 5.91 Å². The highest BCUT2D eigenvalue weighted by molar-refractivity contribution is 5.94. The SMILES string of the molecule is C=C1CCN(C(=O)c2ccc(OC)cc2)CC1. The van der Waals surface area contributed by atoms with Crippen LogP contribution in [0.15, 0.2) is 36.4 Å². The van der Waals surface area contributed by atoms with Crippen LogP contribution < -0.4 is 4.74 Å². The van der Waals surface area contributed by atoms with Gasteiger partial charge < -0.3 is 9.64 Å². The van der Waals surface area contributed by atoms with E-state index in [9.17, 15) is 4.79 Å². The van der Waals surface area contributed by atoms with E-state index >= 15 is 0 Å². The summed E-state index contributed by atoms with van der Waals surface area (Å²) in [7, 11) is 1.62. The second kappa shape index (κ2) is 5.04. The molecule has 0 aromatic heterocycles. The molecular formula is C14H17NO2. The monoisotopic (exact) mass is 231 g/mol. The molecule has 1 fully saturated rings. The first-order valence-corrected chi connectivity index (χ1v) is 5.80. The first-order valence-electron chi connectivity index (χ1n) is 5.80. The van der Waals surface area contributed by atoms with E-state index in [0.717, 1.165) is 37.2 Å². The molecule has 1 aliphatic rings. The Bertz CT molecular complexity index is 412. The van der Waals surface area contributed by atoms with Gasteiger partial charge in [-0.05, 0) is 37.1 Å². The van der Waals surface area contributed by atoms with Gasteiger partial charge in [0.2, 0.25) is 0 Å². The van der Waals surface area contributed by atoms with Crippen molar-refractivity contribution in [1.29, 1.82) is 0 Å². The molecule has 0 N–H and O–H groups in total. The van der Waals surface area contributed by atoms with Crippen molar-refractivity contribution in [2.45, 2.75) is 12.8 Å². The van der Waals surface area contributed by atoms with E-state index in [-0.39, 0.29) is 5.91 Å². The van der Waals surface area contributed by atoms with Gasteiger partial charge in [0.1, 0.15) is 5.75 Å². The van der Waals surface area contributed by atoms with Crippen LogP contribution in [0.1, 0.15) is 23.2 Å². The number of carbonyl (C=O) groups is 1. The number of piperidine rings is 1. The summed E-state index contributed by atoms with van der Waals surface area (Å²) < 4.78 is 5.07. The zero-order valence-corrected chi connectivity index (χ0v) is 10.1. The van der Waals surface area contributed by atoms with Crippen LogP contribution in [-0.2, 0) is 0 Å². The Morgan fingerprint density at radius 1 is 1.24 bits per heavy atom. The minimum atomic E-state index is 0.0974. The Kier molecular flexibility index (Phi) is 3.47. The molecule has 0 spiro atoms. The molecule has 1 aliphatic heterocycles. The zero-order chi connectivity index (χ0) is 12.3. The predicted octanol–water partition coefficient (Wildman–Crippen LogP) is 2.49. The first kappa shape index (κ1) is 11.7. The summed E-state index contributed by atoms with van der Waals surface area (Å²) in [6.45, 7) is 5.51. The average Bonchev–Trinajstić information content (AvgIpc) is 2.39. The van der Waals surface area contributed by atoms with Gasteiger partial charge in [-0.15, -0.1) is 0 Å². The minimum Gasteiger partial charge on any atom is -0.497 e. The molecule has 0 aliphatic carbocycles. The Morgan fingerprint density at radius 2 is 1.82 bits per heavy atom. The molecule has 0 radical (unpaired) electrons. The van der Waals surface area contributed by atoms with Crippen LogP contribution in [0.3, 0.4) is 0 Å². The molecule has 1 heterocycles. The van der Waals surface area contributed by atoms with Crippen LogP contribution >= 0.6 is 0 Å². The van der Waals surface area contributed by atoms with Crippen LogP contribution in [0.25, 0.3) is 0 Å². The first-order chi connectivity index (χ1) is 8.20. The zero-order valence-electron chi connectivity index (χ0n) is 10.1. The second-order valence-corrected chi connectivity index (χ2v) is 4.27. The third-order valence-electron chi connectivity index (χ3n) is 3.09. The number of carbonyl (C=O) groups excluding carboxylic acids is 1. The molecule has 3 nitrogen and oxygen atoms in total. The van der Waals surface area contributed by atoms with Crippen molar-refractivity contribution < 1.29 is 9.53 Å². The molecule has 1 aromatic carbocycles. The van der Waals surface area contributed by atoms with Crippen molar-refractivity contribution in [3.05, 3.63) is 42.0 Å². The van der Waals surface area contributed by atoms with Crippen molar-refractivity contribution in [1.82, 2.24) is 4.90 Å². The number of rotatable bonds is 2. The molecule has 0 bridgehead atoms. The number of ether oxygens (including phenoxy) is 1. The quantitative estimate of drug-likeness (QED) is 0.732. The minimum absolute atomic E-state index is 0.0974. The largest absolute Gasteiger partial charge is 0.497 e. The smallest absolute Gasteiger partial charge is 0.253 e. The van der Waals surface area contributed by atoms with Gasteiger partial charge in [0.05, 0.1) is 7.11 Å². The van der Waals surface area contributed by atoms with E-state index in [1.807, 2.05) is 29.2 Å². The number of likely N-dealkylation sites (tertiary alicyclic amines) is 1. The molecule has 2 rings (SSSR count). The molecule has 3 heteroatoms. The van der Waals surface area contributed by atoms with Crippen molar-refractivity contribution in [3.8, 4) is 5.75 Å². The van der Waals surface area contributed by atoms with Gasteiger partial charge in [-0.1, -0.05) is 12.2 Å².